The molecule has 1 fully saturated rings. The van der Waals surface area contributed by atoms with Crippen molar-refractivity contribution in [2.45, 2.75) is 18.2 Å². The third-order valence-corrected chi connectivity index (χ3v) is 6.10. The van der Waals surface area contributed by atoms with E-state index >= 15 is 0 Å². The minimum atomic E-state index is -3.77. The summed E-state index contributed by atoms with van der Waals surface area (Å²) in [6.07, 6.45) is 0.766. The quantitative estimate of drug-likeness (QED) is 0.621. The first-order chi connectivity index (χ1) is 10.3. The molecule has 23 heavy (non-hydrogen) atoms. The molecule has 0 amide bonds. The summed E-state index contributed by atoms with van der Waals surface area (Å²) in [5.41, 5.74) is -0.0165. The highest BCUT2D eigenvalue weighted by Gasteiger charge is 2.33. The SMILES string of the molecule is CNCC1CCN(S(=O)(=O)c2cc(Cl)c(C)c([N+](=O)[O-])c2)C1.Cl. The van der Waals surface area contributed by atoms with Crippen LogP contribution in [0.3, 0.4) is 0 Å². The molecular weight excluding hydrogens is 365 g/mol. The van der Waals surface area contributed by atoms with Gasteiger partial charge in [-0.25, -0.2) is 8.42 Å². The summed E-state index contributed by atoms with van der Waals surface area (Å²) in [4.78, 5) is 10.3. The Morgan fingerprint density at radius 3 is 2.70 bits per heavy atom. The summed E-state index contributed by atoms with van der Waals surface area (Å²) in [5.74, 6) is 0.246. The zero-order valence-corrected chi connectivity index (χ0v) is 15.2. The Bertz CT molecular complexity index is 697. The minimum Gasteiger partial charge on any atom is -0.319 e. The van der Waals surface area contributed by atoms with Crippen molar-refractivity contribution >= 4 is 39.7 Å². The monoisotopic (exact) mass is 383 g/mol. The van der Waals surface area contributed by atoms with Gasteiger partial charge in [0.05, 0.1) is 14.8 Å². The molecule has 1 saturated heterocycles. The molecule has 10 heteroatoms. The fourth-order valence-corrected chi connectivity index (χ4v) is 4.46. The Labute approximate surface area is 146 Å². The molecule has 0 saturated carbocycles. The normalized spacial score (nSPS) is 18.7. The van der Waals surface area contributed by atoms with Gasteiger partial charge in [-0.3, -0.25) is 10.1 Å². The van der Waals surface area contributed by atoms with Gasteiger partial charge in [-0.2, -0.15) is 4.31 Å². The number of nitro groups is 1. The van der Waals surface area contributed by atoms with Crippen LogP contribution in [0.4, 0.5) is 5.69 Å². The first-order valence-electron chi connectivity index (χ1n) is 6.86. The molecular formula is C13H19Cl2N3O4S. The second-order valence-electron chi connectivity index (χ2n) is 5.38. The second kappa shape index (κ2) is 7.76. The molecule has 0 spiro atoms. The highest BCUT2D eigenvalue weighted by molar-refractivity contribution is 7.89. The molecule has 7 nitrogen and oxygen atoms in total. The van der Waals surface area contributed by atoms with Crippen LogP contribution in [-0.2, 0) is 10.0 Å². The number of rotatable bonds is 5. The average Bonchev–Trinajstić information content (AvgIpc) is 2.91. The van der Waals surface area contributed by atoms with Gasteiger partial charge in [0.25, 0.3) is 5.69 Å². The average molecular weight is 384 g/mol. The van der Waals surface area contributed by atoms with E-state index in [2.05, 4.69) is 5.32 Å². The molecule has 0 aromatic heterocycles. The predicted octanol–water partition coefficient (Wildman–Crippen LogP) is 2.21. The summed E-state index contributed by atoms with van der Waals surface area (Å²) >= 11 is 5.96. The van der Waals surface area contributed by atoms with Crippen LogP contribution in [0.2, 0.25) is 5.02 Å². The summed E-state index contributed by atoms with van der Waals surface area (Å²) in [5, 5.41) is 14.2. The van der Waals surface area contributed by atoms with Gasteiger partial charge in [-0.1, -0.05) is 11.6 Å². The molecule has 0 radical (unpaired) electrons. The fourth-order valence-electron chi connectivity index (χ4n) is 2.60. The van der Waals surface area contributed by atoms with Gasteiger partial charge < -0.3 is 5.32 Å². The van der Waals surface area contributed by atoms with E-state index in [0.717, 1.165) is 19.0 Å². The van der Waals surface area contributed by atoms with Crippen LogP contribution in [0.1, 0.15) is 12.0 Å². The van der Waals surface area contributed by atoms with Gasteiger partial charge in [0.15, 0.2) is 0 Å². The number of nitrogens with zero attached hydrogens (tertiary/aromatic N) is 2. The van der Waals surface area contributed by atoms with Gasteiger partial charge >= 0.3 is 0 Å². The van der Waals surface area contributed by atoms with Crippen molar-refractivity contribution in [3.05, 3.63) is 32.8 Å². The fraction of sp³-hybridized carbons (Fsp3) is 0.538. The van der Waals surface area contributed by atoms with E-state index in [1.54, 1.807) is 0 Å². The number of hydrogen-bond donors (Lipinski definition) is 1. The van der Waals surface area contributed by atoms with Crippen molar-refractivity contribution in [2.75, 3.05) is 26.7 Å². The van der Waals surface area contributed by atoms with E-state index in [4.69, 9.17) is 11.6 Å². The topological polar surface area (TPSA) is 92.6 Å². The molecule has 1 unspecified atom stereocenters. The molecule has 1 N–H and O–H groups in total. The maximum Gasteiger partial charge on any atom is 0.275 e. The lowest BCUT2D eigenvalue weighted by atomic mass is 10.1. The van der Waals surface area contributed by atoms with Crippen molar-refractivity contribution in [1.29, 1.82) is 0 Å². The molecule has 1 heterocycles. The van der Waals surface area contributed by atoms with Crippen molar-refractivity contribution in [1.82, 2.24) is 9.62 Å². The first-order valence-corrected chi connectivity index (χ1v) is 8.68. The number of sulfonamides is 1. The number of nitrogens with one attached hydrogen (secondary N) is 1. The van der Waals surface area contributed by atoms with Gasteiger partial charge in [0, 0.05) is 24.7 Å². The molecule has 0 aliphatic carbocycles. The summed E-state index contributed by atoms with van der Waals surface area (Å²) < 4.78 is 26.7. The molecule has 1 aliphatic heterocycles. The smallest absolute Gasteiger partial charge is 0.275 e. The Balaban J connectivity index is 0.00000264. The minimum absolute atomic E-state index is 0. The van der Waals surface area contributed by atoms with Crippen molar-refractivity contribution in [3.63, 3.8) is 0 Å². The molecule has 2 rings (SSSR count). The Hall–Kier alpha value is -0.930. The van der Waals surface area contributed by atoms with Crippen LogP contribution in [0, 0.1) is 23.0 Å². The van der Waals surface area contributed by atoms with E-state index in [9.17, 15) is 18.5 Å². The summed E-state index contributed by atoms with van der Waals surface area (Å²) in [6.45, 7) is 3.05. The second-order valence-corrected chi connectivity index (χ2v) is 7.73. The van der Waals surface area contributed by atoms with E-state index in [0.29, 0.717) is 13.1 Å². The Morgan fingerprint density at radius 1 is 1.48 bits per heavy atom. The van der Waals surface area contributed by atoms with E-state index in [1.807, 2.05) is 7.05 Å². The lowest BCUT2D eigenvalue weighted by Crippen LogP contribution is -2.30. The van der Waals surface area contributed by atoms with Gasteiger partial charge in [-0.05, 0) is 38.9 Å². The zero-order valence-electron chi connectivity index (χ0n) is 12.8. The maximum atomic E-state index is 12.6. The lowest BCUT2D eigenvalue weighted by molar-refractivity contribution is -0.385. The van der Waals surface area contributed by atoms with E-state index in [-0.39, 0.29) is 39.5 Å². The third kappa shape index (κ3) is 4.13. The van der Waals surface area contributed by atoms with Crippen molar-refractivity contribution < 1.29 is 13.3 Å². The van der Waals surface area contributed by atoms with Crippen LogP contribution in [0.5, 0.6) is 0 Å². The number of hydrogen-bond acceptors (Lipinski definition) is 5. The van der Waals surface area contributed by atoms with E-state index in [1.165, 1.54) is 17.3 Å². The predicted molar refractivity (Wildman–Crippen MR) is 90.9 cm³/mol. The highest BCUT2D eigenvalue weighted by Crippen LogP contribution is 2.32. The van der Waals surface area contributed by atoms with Crippen molar-refractivity contribution in [3.8, 4) is 0 Å². The Morgan fingerprint density at radius 2 is 2.13 bits per heavy atom. The molecule has 1 aromatic rings. The van der Waals surface area contributed by atoms with Crippen LogP contribution < -0.4 is 5.32 Å². The molecule has 1 aromatic carbocycles. The van der Waals surface area contributed by atoms with Crippen LogP contribution in [-0.4, -0.2) is 44.3 Å². The molecule has 1 aliphatic rings. The van der Waals surface area contributed by atoms with E-state index < -0.39 is 14.9 Å². The highest BCUT2D eigenvalue weighted by atomic mass is 35.5. The van der Waals surface area contributed by atoms with Gasteiger partial charge in [0.1, 0.15) is 0 Å². The molecule has 130 valence electrons. The summed E-state index contributed by atoms with van der Waals surface area (Å²) in [6, 6.07) is 2.37. The van der Waals surface area contributed by atoms with Crippen LogP contribution in [0.15, 0.2) is 17.0 Å². The standard InChI is InChI=1S/C13H18ClN3O4S.ClH/c1-9-12(14)5-11(6-13(9)17(18)19)22(20,21)16-4-3-10(8-16)7-15-2;/h5-6,10,15H,3-4,7-8H2,1-2H3;1H. The Kier molecular flexibility index (Phi) is 6.79. The molecule has 1 atom stereocenters. The van der Waals surface area contributed by atoms with Crippen LogP contribution >= 0.6 is 24.0 Å². The first kappa shape index (κ1) is 20.1. The largest absolute Gasteiger partial charge is 0.319 e. The van der Waals surface area contributed by atoms with Gasteiger partial charge in [-0.15, -0.1) is 12.4 Å². The number of benzene rings is 1. The number of halogens is 2. The maximum absolute atomic E-state index is 12.6. The summed E-state index contributed by atoms with van der Waals surface area (Å²) in [7, 11) is -1.95. The zero-order chi connectivity index (χ0) is 16.5. The van der Waals surface area contributed by atoms with Gasteiger partial charge in [0.2, 0.25) is 10.0 Å². The number of nitro benzene ring substituents is 1. The van der Waals surface area contributed by atoms with Crippen LogP contribution in [0.25, 0.3) is 0 Å². The molecule has 0 bridgehead atoms. The lowest BCUT2D eigenvalue weighted by Gasteiger charge is -2.17. The van der Waals surface area contributed by atoms with Crippen molar-refractivity contribution in [2.24, 2.45) is 5.92 Å². The third-order valence-electron chi connectivity index (χ3n) is 3.87.